The molecule has 2 aromatic carbocycles. The van der Waals surface area contributed by atoms with Crippen LogP contribution in [0.5, 0.6) is 0 Å². The van der Waals surface area contributed by atoms with Gasteiger partial charge in [-0.1, -0.05) is 11.6 Å². The molecule has 0 spiro atoms. The Morgan fingerprint density at radius 2 is 1.56 bits per heavy atom. The first-order valence-electron chi connectivity index (χ1n) is 5.56. The molecule has 0 radical (unpaired) electrons. The molecular formula is C15H12ClFO. The van der Waals surface area contributed by atoms with Crippen LogP contribution in [0.4, 0.5) is 4.39 Å². The summed E-state index contributed by atoms with van der Waals surface area (Å²) in [7, 11) is 0. The van der Waals surface area contributed by atoms with E-state index in [1.165, 1.54) is 12.1 Å². The van der Waals surface area contributed by atoms with Crippen LogP contribution in [0.3, 0.4) is 0 Å². The fourth-order valence-corrected chi connectivity index (χ4v) is 2.14. The van der Waals surface area contributed by atoms with Crippen LogP contribution in [0.1, 0.15) is 27.0 Å². The number of hydrogen-bond acceptors (Lipinski definition) is 1. The van der Waals surface area contributed by atoms with Gasteiger partial charge in [0.1, 0.15) is 5.82 Å². The summed E-state index contributed by atoms with van der Waals surface area (Å²) in [6.45, 7) is 3.47. The normalized spacial score (nSPS) is 10.4. The van der Waals surface area contributed by atoms with Gasteiger partial charge in [0.05, 0.1) is 0 Å². The molecule has 0 bridgehead atoms. The van der Waals surface area contributed by atoms with E-state index in [0.29, 0.717) is 27.3 Å². The van der Waals surface area contributed by atoms with E-state index in [-0.39, 0.29) is 11.6 Å². The van der Waals surface area contributed by atoms with E-state index in [4.69, 9.17) is 11.6 Å². The van der Waals surface area contributed by atoms with Crippen molar-refractivity contribution >= 4 is 17.4 Å². The quantitative estimate of drug-likeness (QED) is 0.737. The highest BCUT2D eigenvalue weighted by molar-refractivity contribution is 6.30. The molecule has 92 valence electrons. The monoisotopic (exact) mass is 262 g/mol. The van der Waals surface area contributed by atoms with Crippen molar-refractivity contribution in [2.75, 3.05) is 0 Å². The Bertz CT molecular complexity index is 579. The molecule has 0 aromatic heterocycles. The van der Waals surface area contributed by atoms with Crippen LogP contribution in [0, 0.1) is 19.7 Å². The molecule has 0 fully saturated rings. The average molecular weight is 263 g/mol. The minimum absolute atomic E-state index is 0.110. The second-order valence-electron chi connectivity index (χ2n) is 4.25. The van der Waals surface area contributed by atoms with Crippen molar-refractivity contribution in [1.29, 1.82) is 0 Å². The Hall–Kier alpha value is -1.67. The summed E-state index contributed by atoms with van der Waals surface area (Å²) in [6.07, 6.45) is 0. The number of carbonyl (C=O) groups excluding carboxylic acids is 1. The summed E-state index contributed by atoms with van der Waals surface area (Å²) < 4.78 is 13.2. The standard InChI is InChI=1S/C15H12ClFO/c1-9-7-13(17)8-10(2)14(9)15(18)11-3-5-12(16)6-4-11/h3-8H,1-2H3. The zero-order valence-electron chi connectivity index (χ0n) is 10.1. The predicted molar refractivity (Wildman–Crippen MR) is 70.8 cm³/mol. The molecule has 0 unspecified atom stereocenters. The van der Waals surface area contributed by atoms with Gasteiger partial charge in [0.2, 0.25) is 0 Å². The van der Waals surface area contributed by atoms with Gasteiger partial charge in [-0.3, -0.25) is 4.79 Å². The van der Waals surface area contributed by atoms with E-state index < -0.39 is 0 Å². The summed E-state index contributed by atoms with van der Waals surface area (Å²) >= 11 is 5.78. The Labute approximate surface area is 110 Å². The molecule has 0 heterocycles. The summed E-state index contributed by atoms with van der Waals surface area (Å²) in [4.78, 5) is 12.3. The molecule has 0 saturated heterocycles. The number of aryl methyl sites for hydroxylation is 2. The van der Waals surface area contributed by atoms with Crippen LogP contribution in [0.25, 0.3) is 0 Å². The van der Waals surface area contributed by atoms with Crippen LogP contribution in [-0.4, -0.2) is 5.78 Å². The Morgan fingerprint density at radius 3 is 2.06 bits per heavy atom. The van der Waals surface area contributed by atoms with Crippen molar-refractivity contribution in [2.45, 2.75) is 13.8 Å². The Kier molecular flexibility index (Phi) is 3.48. The van der Waals surface area contributed by atoms with Gasteiger partial charge >= 0.3 is 0 Å². The van der Waals surface area contributed by atoms with Gasteiger partial charge in [-0.05, 0) is 61.4 Å². The summed E-state index contributed by atoms with van der Waals surface area (Å²) in [5.74, 6) is -0.431. The number of rotatable bonds is 2. The Balaban J connectivity index is 2.49. The summed E-state index contributed by atoms with van der Waals surface area (Å²) in [6, 6.07) is 9.43. The third-order valence-corrected chi connectivity index (χ3v) is 3.08. The van der Waals surface area contributed by atoms with E-state index >= 15 is 0 Å². The lowest BCUT2D eigenvalue weighted by molar-refractivity contribution is 0.103. The van der Waals surface area contributed by atoms with E-state index in [1.54, 1.807) is 38.1 Å². The number of benzene rings is 2. The highest BCUT2D eigenvalue weighted by Crippen LogP contribution is 2.20. The second-order valence-corrected chi connectivity index (χ2v) is 4.69. The van der Waals surface area contributed by atoms with Crippen LogP contribution < -0.4 is 0 Å². The van der Waals surface area contributed by atoms with E-state index in [1.807, 2.05) is 0 Å². The highest BCUT2D eigenvalue weighted by atomic mass is 35.5. The van der Waals surface area contributed by atoms with Crippen molar-refractivity contribution in [1.82, 2.24) is 0 Å². The molecule has 0 amide bonds. The van der Waals surface area contributed by atoms with E-state index in [0.717, 1.165) is 0 Å². The zero-order chi connectivity index (χ0) is 13.3. The van der Waals surface area contributed by atoms with Crippen molar-refractivity contribution in [2.24, 2.45) is 0 Å². The van der Waals surface area contributed by atoms with Crippen molar-refractivity contribution in [3.8, 4) is 0 Å². The molecule has 0 saturated carbocycles. The van der Waals surface area contributed by atoms with Crippen molar-refractivity contribution in [3.63, 3.8) is 0 Å². The average Bonchev–Trinajstić information content (AvgIpc) is 2.28. The first kappa shape index (κ1) is 12.8. The summed E-state index contributed by atoms with van der Waals surface area (Å²) in [5.41, 5.74) is 2.40. The predicted octanol–water partition coefficient (Wildman–Crippen LogP) is 4.33. The number of hydrogen-bond donors (Lipinski definition) is 0. The smallest absolute Gasteiger partial charge is 0.193 e. The number of halogens is 2. The fraction of sp³-hybridized carbons (Fsp3) is 0.133. The lowest BCUT2D eigenvalue weighted by Gasteiger charge is -2.09. The van der Waals surface area contributed by atoms with Gasteiger partial charge in [-0.15, -0.1) is 0 Å². The maximum Gasteiger partial charge on any atom is 0.193 e. The second kappa shape index (κ2) is 4.91. The molecule has 0 aliphatic rings. The third kappa shape index (κ3) is 2.44. The van der Waals surface area contributed by atoms with Crippen molar-refractivity contribution < 1.29 is 9.18 Å². The molecule has 0 aliphatic carbocycles. The minimum Gasteiger partial charge on any atom is -0.289 e. The first-order chi connectivity index (χ1) is 8.49. The lowest BCUT2D eigenvalue weighted by atomic mass is 9.95. The zero-order valence-corrected chi connectivity index (χ0v) is 10.9. The van der Waals surface area contributed by atoms with Crippen LogP contribution >= 0.6 is 11.6 Å². The molecule has 2 aromatic rings. The number of ketones is 1. The molecule has 0 atom stereocenters. The molecule has 1 nitrogen and oxygen atoms in total. The molecule has 3 heteroatoms. The van der Waals surface area contributed by atoms with Crippen LogP contribution in [0.2, 0.25) is 5.02 Å². The largest absolute Gasteiger partial charge is 0.289 e. The third-order valence-electron chi connectivity index (χ3n) is 2.83. The topological polar surface area (TPSA) is 17.1 Å². The molecular weight excluding hydrogens is 251 g/mol. The van der Waals surface area contributed by atoms with Gasteiger partial charge in [0.25, 0.3) is 0 Å². The lowest BCUT2D eigenvalue weighted by Crippen LogP contribution is -2.06. The SMILES string of the molecule is Cc1cc(F)cc(C)c1C(=O)c1ccc(Cl)cc1. The van der Waals surface area contributed by atoms with Gasteiger partial charge < -0.3 is 0 Å². The summed E-state index contributed by atoms with van der Waals surface area (Å²) in [5, 5.41) is 0.583. The van der Waals surface area contributed by atoms with Gasteiger partial charge in [0, 0.05) is 16.1 Å². The molecule has 0 aliphatic heterocycles. The number of carbonyl (C=O) groups is 1. The Morgan fingerprint density at radius 1 is 1.06 bits per heavy atom. The van der Waals surface area contributed by atoms with E-state index in [9.17, 15) is 9.18 Å². The molecule has 0 N–H and O–H groups in total. The van der Waals surface area contributed by atoms with Crippen LogP contribution in [-0.2, 0) is 0 Å². The van der Waals surface area contributed by atoms with Crippen LogP contribution in [0.15, 0.2) is 36.4 Å². The van der Waals surface area contributed by atoms with Gasteiger partial charge in [-0.25, -0.2) is 4.39 Å². The minimum atomic E-state index is -0.322. The van der Waals surface area contributed by atoms with Crippen molar-refractivity contribution in [3.05, 3.63) is 69.5 Å². The van der Waals surface area contributed by atoms with Gasteiger partial charge in [-0.2, -0.15) is 0 Å². The van der Waals surface area contributed by atoms with Gasteiger partial charge in [0.15, 0.2) is 5.78 Å². The first-order valence-corrected chi connectivity index (χ1v) is 5.94. The maximum absolute atomic E-state index is 13.2. The van der Waals surface area contributed by atoms with E-state index in [2.05, 4.69) is 0 Å². The maximum atomic E-state index is 13.2. The fourth-order valence-electron chi connectivity index (χ4n) is 2.01. The highest BCUT2D eigenvalue weighted by Gasteiger charge is 2.15. The molecule has 2 rings (SSSR count). The molecule has 18 heavy (non-hydrogen) atoms.